The molecule has 7 heteroatoms. The standard InChI is InChI=1S/C21H25N3O4/c1-4-24(5-2)18-11-9-16(10-12-18)21(27)23-22-15(3)17-7-6-8-19(13-17)28-14-20(25)26/h6-13H,4-5,14H2,1-3H3,(H,23,27)(H,25,26)/p-1/b22-15-. The second kappa shape index (κ2) is 10.1. The van der Waals surface area contributed by atoms with Gasteiger partial charge in [0, 0.05) is 29.9 Å². The molecule has 0 saturated carbocycles. The fraction of sp³-hybridized carbons (Fsp3) is 0.286. The van der Waals surface area contributed by atoms with E-state index in [1.807, 2.05) is 12.1 Å². The highest BCUT2D eigenvalue weighted by molar-refractivity contribution is 6.01. The van der Waals surface area contributed by atoms with E-state index in [2.05, 4.69) is 29.3 Å². The van der Waals surface area contributed by atoms with Gasteiger partial charge in [-0.3, -0.25) is 4.79 Å². The zero-order valence-electron chi connectivity index (χ0n) is 16.3. The Morgan fingerprint density at radius 3 is 2.36 bits per heavy atom. The lowest BCUT2D eigenvalue weighted by atomic mass is 10.1. The number of carboxylic acid groups (broad SMARTS) is 1. The van der Waals surface area contributed by atoms with Crippen LogP contribution in [-0.4, -0.2) is 37.3 Å². The molecule has 0 atom stereocenters. The van der Waals surface area contributed by atoms with E-state index in [1.165, 1.54) is 0 Å². The maximum atomic E-state index is 12.3. The number of ether oxygens (including phenoxy) is 1. The highest BCUT2D eigenvalue weighted by Crippen LogP contribution is 2.16. The zero-order chi connectivity index (χ0) is 20.5. The summed E-state index contributed by atoms with van der Waals surface area (Å²) in [5.41, 5.74) is 5.37. The van der Waals surface area contributed by atoms with Crippen molar-refractivity contribution in [1.29, 1.82) is 0 Å². The topological polar surface area (TPSA) is 94.1 Å². The van der Waals surface area contributed by atoms with Gasteiger partial charge in [0.15, 0.2) is 0 Å². The van der Waals surface area contributed by atoms with Crippen LogP contribution in [0.15, 0.2) is 53.6 Å². The van der Waals surface area contributed by atoms with Crippen LogP contribution in [0.2, 0.25) is 0 Å². The van der Waals surface area contributed by atoms with E-state index in [1.54, 1.807) is 43.3 Å². The molecule has 0 unspecified atom stereocenters. The summed E-state index contributed by atoms with van der Waals surface area (Å²) in [4.78, 5) is 25.0. The molecule has 0 radical (unpaired) electrons. The molecule has 2 aromatic rings. The smallest absolute Gasteiger partial charge is 0.271 e. The van der Waals surface area contributed by atoms with Gasteiger partial charge in [-0.25, -0.2) is 5.43 Å². The minimum Gasteiger partial charge on any atom is -0.546 e. The molecule has 0 aliphatic carbocycles. The number of rotatable bonds is 9. The first-order valence-electron chi connectivity index (χ1n) is 9.07. The number of carbonyl (C=O) groups excluding carboxylic acids is 2. The molecule has 0 heterocycles. The van der Waals surface area contributed by atoms with Crippen molar-refractivity contribution in [3.8, 4) is 5.75 Å². The summed E-state index contributed by atoms with van der Waals surface area (Å²) in [7, 11) is 0. The monoisotopic (exact) mass is 382 g/mol. The Morgan fingerprint density at radius 2 is 1.75 bits per heavy atom. The molecule has 2 aromatic carbocycles. The molecule has 0 aliphatic rings. The molecule has 7 nitrogen and oxygen atoms in total. The SMILES string of the molecule is CCN(CC)c1ccc(C(=O)N/N=C(/C)c2cccc(OCC(=O)[O-])c2)cc1. The second-order valence-corrected chi connectivity index (χ2v) is 6.05. The number of hydrogen-bond donors (Lipinski definition) is 1. The summed E-state index contributed by atoms with van der Waals surface area (Å²) in [6.07, 6.45) is 0. The maximum Gasteiger partial charge on any atom is 0.271 e. The van der Waals surface area contributed by atoms with Crippen LogP contribution in [0.3, 0.4) is 0 Å². The zero-order valence-corrected chi connectivity index (χ0v) is 16.3. The molecule has 0 fully saturated rings. The Kier molecular flexibility index (Phi) is 7.56. The maximum absolute atomic E-state index is 12.3. The van der Waals surface area contributed by atoms with Crippen LogP contribution in [0.5, 0.6) is 5.75 Å². The van der Waals surface area contributed by atoms with E-state index < -0.39 is 12.6 Å². The van der Waals surface area contributed by atoms with Crippen LogP contribution in [0.25, 0.3) is 0 Å². The third-order valence-electron chi connectivity index (χ3n) is 4.19. The van der Waals surface area contributed by atoms with E-state index in [0.717, 1.165) is 18.8 Å². The number of nitrogens with zero attached hydrogens (tertiary/aromatic N) is 2. The third-order valence-corrected chi connectivity index (χ3v) is 4.19. The van der Waals surface area contributed by atoms with Crippen molar-refractivity contribution >= 4 is 23.3 Å². The van der Waals surface area contributed by atoms with Gasteiger partial charge in [0.1, 0.15) is 12.4 Å². The second-order valence-electron chi connectivity index (χ2n) is 6.05. The number of carbonyl (C=O) groups is 2. The van der Waals surface area contributed by atoms with Gasteiger partial charge in [-0.15, -0.1) is 0 Å². The number of hydrogen-bond acceptors (Lipinski definition) is 6. The summed E-state index contributed by atoms with van der Waals surface area (Å²) in [6, 6.07) is 14.1. The van der Waals surface area contributed by atoms with E-state index >= 15 is 0 Å². The van der Waals surface area contributed by atoms with Crippen molar-refractivity contribution in [1.82, 2.24) is 5.43 Å². The van der Waals surface area contributed by atoms with Crippen LogP contribution >= 0.6 is 0 Å². The molecule has 1 N–H and O–H groups in total. The Balaban J connectivity index is 2.03. The lowest BCUT2D eigenvalue weighted by Crippen LogP contribution is -2.28. The van der Waals surface area contributed by atoms with E-state index in [4.69, 9.17) is 4.74 Å². The minimum atomic E-state index is -1.30. The van der Waals surface area contributed by atoms with Crippen LogP contribution in [0, 0.1) is 0 Å². The molecule has 0 saturated heterocycles. The minimum absolute atomic E-state index is 0.310. The predicted molar refractivity (Wildman–Crippen MR) is 107 cm³/mol. The van der Waals surface area contributed by atoms with E-state index in [-0.39, 0.29) is 5.91 Å². The van der Waals surface area contributed by atoms with Crippen LogP contribution in [0.4, 0.5) is 5.69 Å². The molecule has 0 aromatic heterocycles. The van der Waals surface area contributed by atoms with Gasteiger partial charge in [-0.05, 0) is 57.2 Å². The van der Waals surface area contributed by atoms with Crippen molar-refractivity contribution in [2.75, 3.05) is 24.6 Å². The number of benzene rings is 2. The number of nitrogens with one attached hydrogen (secondary N) is 1. The Labute approximate surface area is 164 Å². The summed E-state index contributed by atoms with van der Waals surface area (Å²) >= 11 is 0. The molecule has 1 amide bonds. The number of anilines is 1. The van der Waals surface area contributed by atoms with Gasteiger partial charge in [-0.1, -0.05) is 12.1 Å². The average Bonchev–Trinajstić information content (AvgIpc) is 2.72. The van der Waals surface area contributed by atoms with Gasteiger partial charge in [0.05, 0.1) is 11.7 Å². The van der Waals surface area contributed by atoms with Gasteiger partial charge < -0.3 is 19.5 Å². The largest absolute Gasteiger partial charge is 0.546 e. The van der Waals surface area contributed by atoms with Crippen LogP contribution in [-0.2, 0) is 4.79 Å². The van der Waals surface area contributed by atoms with Gasteiger partial charge in [0.25, 0.3) is 5.91 Å². The number of hydrazone groups is 1. The lowest BCUT2D eigenvalue weighted by molar-refractivity contribution is -0.307. The van der Waals surface area contributed by atoms with Crippen LogP contribution in [0.1, 0.15) is 36.7 Å². The van der Waals surface area contributed by atoms with Gasteiger partial charge >= 0.3 is 0 Å². The molecule has 0 aliphatic heterocycles. The van der Waals surface area contributed by atoms with Crippen molar-refractivity contribution in [3.05, 3.63) is 59.7 Å². The summed E-state index contributed by atoms with van der Waals surface area (Å²) in [5, 5.41) is 14.6. The van der Waals surface area contributed by atoms with E-state index in [0.29, 0.717) is 22.6 Å². The van der Waals surface area contributed by atoms with E-state index in [9.17, 15) is 14.7 Å². The van der Waals surface area contributed by atoms with Crippen molar-refractivity contribution in [2.45, 2.75) is 20.8 Å². The Morgan fingerprint density at radius 1 is 1.07 bits per heavy atom. The van der Waals surface area contributed by atoms with Crippen LogP contribution < -0.4 is 20.2 Å². The number of amides is 1. The van der Waals surface area contributed by atoms with Gasteiger partial charge in [-0.2, -0.15) is 5.10 Å². The quantitative estimate of drug-likeness (QED) is 0.527. The highest BCUT2D eigenvalue weighted by atomic mass is 16.5. The lowest BCUT2D eigenvalue weighted by Gasteiger charge is -2.20. The average molecular weight is 382 g/mol. The fourth-order valence-electron chi connectivity index (χ4n) is 2.63. The first-order chi connectivity index (χ1) is 13.4. The molecular weight excluding hydrogens is 358 g/mol. The highest BCUT2D eigenvalue weighted by Gasteiger charge is 2.07. The molecule has 2 rings (SSSR count). The summed E-state index contributed by atoms with van der Waals surface area (Å²) in [5.74, 6) is -1.22. The molecule has 0 bridgehead atoms. The van der Waals surface area contributed by atoms with Gasteiger partial charge in [0.2, 0.25) is 0 Å². The number of aliphatic carboxylic acids is 1. The summed E-state index contributed by atoms with van der Waals surface area (Å²) in [6.45, 7) is 7.18. The fourth-order valence-corrected chi connectivity index (χ4v) is 2.63. The van der Waals surface area contributed by atoms with Crippen molar-refractivity contribution in [2.24, 2.45) is 5.10 Å². The first-order valence-corrected chi connectivity index (χ1v) is 9.07. The normalized spacial score (nSPS) is 11.0. The molecule has 0 spiro atoms. The third kappa shape index (κ3) is 5.84. The molecule has 28 heavy (non-hydrogen) atoms. The Bertz CT molecular complexity index is 843. The Hall–Kier alpha value is -3.35. The molecular formula is C21H24N3O4-. The number of carboxylic acids is 1. The molecule has 148 valence electrons. The first kappa shape index (κ1) is 21.0. The van der Waals surface area contributed by atoms with Crippen molar-refractivity contribution < 1.29 is 19.4 Å². The summed E-state index contributed by atoms with van der Waals surface area (Å²) < 4.78 is 5.09. The predicted octanol–water partition coefficient (Wildman–Crippen LogP) is 1.82. The van der Waals surface area contributed by atoms with Crippen molar-refractivity contribution in [3.63, 3.8) is 0 Å².